The van der Waals surface area contributed by atoms with Crippen molar-refractivity contribution in [3.8, 4) is 11.5 Å². The first-order valence-corrected chi connectivity index (χ1v) is 8.14. The Morgan fingerprint density at radius 2 is 2.04 bits per heavy atom. The smallest absolute Gasteiger partial charge is 0.319 e. The van der Waals surface area contributed by atoms with Crippen molar-refractivity contribution in [3.63, 3.8) is 0 Å². The summed E-state index contributed by atoms with van der Waals surface area (Å²) in [6.07, 6.45) is 2.65. The minimum absolute atomic E-state index is 0.216. The van der Waals surface area contributed by atoms with Crippen LogP contribution in [-0.4, -0.2) is 28.9 Å². The van der Waals surface area contributed by atoms with Crippen LogP contribution in [0.25, 0.3) is 11.0 Å². The number of ether oxygens (including phenoxy) is 2. The molecule has 7 nitrogen and oxygen atoms in total. The molecule has 4 rings (SSSR count). The Morgan fingerprint density at radius 1 is 1.16 bits per heavy atom. The maximum atomic E-state index is 12.0. The first kappa shape index (κ1) is 15.3. The van der Waals surface area contributed by atoms with Crippen LogP contribution in [0.15, 0.2) is 48.8 Å². The van der Waals surface area contributed by atoms with Gasteiger partial charge < -0.3 is 24.7 Å². The average Bonchev–Trinajstić information content (AvgIpc) is 3.25. The number of anilines is 1. The molecular formula is C18H18N4O3. The lowest BCUT2D eigenvalue weighted by Crippen LogP contribution is -2.30. The minimum atomic E-state index is -0.241. The molecular weight excluding hydrogens is 320 g/mol. The van der Waals surface area contributed by atoms with Gasteiger partial charge in [-0.2, -0.15) is 0 Å². The predicted octanol–water partition coefficient (Wildman–Crippen LogP) is 2.98. The number of benzene rings is 2. The van der Waals surface area contributed by atoms with Crippen LogP contribution < -0.4 is 20.1 Å². The number of rotatable bonds is 5. The van der Waals surface area contributed by atoms with E-state index in [0.717, 1.165) is 24.0 Å². The summed E-state index contributed by atoms with van der Waals surface area (Å²) in [5.74, 6) is 1.34. The van der Waals surface area contributed by atoms with Crippen LogP contribution in [0.3, 0.4) is 0 Å². The van der Waals surface area contributed by atoms with Gasteiger partial charge in [0.15, 0.2) is 11.5 Å². The molecule has 0 saturated heterocycles. The van der Waals surface area contributed by atoms with Gasteiger partial charge in [-0.15, -0.1) is 0 Å². The fourth-order valence-corrected chi connectivity index (χ4v) is 2.79. The van der Waals surface area contributed by atoms with E-state index in [-0.39, 0.29) is 12.8 Å². The highest BCUT2D eigenvalue weighted by Crippen LogP contribution is 2.34. The summed E-state index contributed by atoms with van der Waals surface area (Å²) in [6.45, 7) is 1.58. The number of para-hydroxylation sites is 2. The summed E-state index contributed by atoms with van der Waals surface area (Å²) >= 11 is 0. The van der Waals surface area contributed by atoms with Gasteiger partial charge in [0.1, 0.15) is 0 Å². The van der Waals surface area contributed by atoms with E-state index in [9.17, 15) is 4.79 Å². The zero-order valence-electron chi connectivity index (χ0n) is 13.6. The highest BCUT2D eigenvalue weighted by atomic mass is 16.7. The summed E-state index contributed by atoms with van der Waals surface area (Å²) in [5, 5.41) is 5.64. The van der Waals surface area contributed by atoms with Crippen LogP contribution >= 0.6 is 0 Å². The number of carbonyl (C=O) groups excluding carboxylic acids is 1. The molecule has 0 aliphatic carbocycles. The van der Waals surface area contributed by atoms with Crippen molar-refractivity contribution in [1.29, 1.82) is 0 Å². The third kappa shape index (κ3) is 3.35. The topological polar surface area (TPSA) is 77.4 Å². The minimum Gasteiger partial charge on any atom is -0.454 e. The molecule has 1 aliphatic heterocycles. The number of nitrogens with zero attached hydrogens (tertiary/aromatic N) is 2. The number of aryl methyl sites for hydroxylation is 1. The molecule has 0 atom stereocenters. The normalized spacial score (nSPS) is 12.3. The second-order valence-electron chi connectivity index (χ2n) is 5.73. The van der Waals surface area contributed by atoms with E-state index in [1.165, 1.54) is 0 Å². The van der Waals surface area contributed by atoms with E-state index in [1.54, 1.807) is 18.2 Å². The molecule has 0 spiro atoms. The molecule has 0 saturated carbocycles. The van der Waals surface area contributed by atoms with Gasteiger partial charge in [-0.3, -0.25) is 0 Å². The van der Waals surface area contributed by atoms with Crippen molar-refractivity contribution >= 4 is 22.8 Å². The zero-order valence-corrected chi connectivity index (χ0v) is 13.6. The van der Waals surface area contributed by atoms with Crippen molar-refractivity contribution in [2.75, 3.05) is 18.7 Å². The van der Waals surface area contributed by atoms with Gasteiger partial charge in [0, 0.05) is 24.8 Å². The summed E-state index contributed by atoms with van der Waals surface area (Å²) in [4.78, 5) is 16.3. The lowest BCUT2D eigenvalue weighted by molar-refractivity contribution is 0.174. The maximum Gasteiger partial charge on any atom is 0.319 e. The van der Waals surface area contributed by atoms with Crippen LogP contribution in [0.1, 0.15) is 6.42 Å². The molecule has 7 heteroatoms. The number of amides is 2. The molecule has 0 fully saturated rings. The van der Waals surface area contributed by atoms with Crippen molar-refractivity contribution in [3.05, 3.63) is 48.8 Å². The van der Waals surface area contributed by atoms with E-state index in [4.69, 9.17) is 9.47 Å². The van der Waals surface area contributed by atoms with E-state index in [1.807, 2.05) is 30.6 Å². The Morgan fingerprint density at radius 3 is 3.00 bits per heavy atom. The summed E-state index contributed by atoms with van der Waals surface area (Å²) in [7, 11) is 0. The molecule has 1 aliphatic rings. The molecule has 1 aromatic heterocycles. The van der Waals surface area contributed by atoms with E-state index < -0.39 is 0 Å². The third-order valence-electron chi connectivity index (χ3n) is 4.02. The van der Waals surface area contributed by atoms with Crippen molar-refractivity contribution in [2.45, 2.75) is 13.0 Å². The van der Waals surface area contributed by atoms with Gasteiger partial charge in [-0.05, 0) is 30.7 Å². The lowest BCUT2D eigenvalue weighted by atomic mass is 10.3. The molecule has 2 amide bonds. The van der Waals surface area contributed by atoms with Crippen LogP contribution in [0, 0.1) is 0 Å². The summed E-state index contributed by atoms with van der Waals surface area (Å²) in [5.41, 5.74) is 2.76. The Bertz CT molecular complexity index is 906. The number of carbonyl (C=O) groups is 1. The fraction of sp³-hybridized carbons (Fsp3) is 0.222. The number of fused-ring (bicyclic) bond motifs is 2. The average molecular weight is 338 g/mol. The molecule has 3 aromatic rings. The first-order valence-electron chi connectivity index (χ1n) is 8.14. The quantitative estimate of drug-likeness (QED) is 0.701. The Labute approximate surface area is 144 Å². The number of nitrogens with one attached hydrogen (secondary N) is 2. The summed E-state index contributed by atoms with van der Waals surface area (Å²) in [6, 6.07) is 13.1. The molecule has 0 unspecified atom stereocenters. The Balaban J connectivity index is 1.25. The van der Waals surface area contributed by atoms with Crippen LogP contribution in [0.5, 0.6) is 11.5 Å². The SMILES string of the molecule is O=C(NCCCn1cnc2ccccc21)Nc1ccc2c(c1)OCO2. The molecule has 2 N–H and O–H groups in total. The number of hydrogen-bond acceptors (Lipinski definition) is 4. The molecule has 0 radical (unpaired) electrons. The fourth-order valence-electron chi connectivity index (χ4n) is 2.79. The molecule has 0 bridgehead atoms. The largest absolute Gasteiger partial charge is 0.454 e. The predicted molar refractivity (Wildman–Crippen MR) is 93.9 cm³/mol. The van der Waals surface area contributed by atoms with E-state index in [2.05, 4.69) is 20.2 Å². The number of urea groups is 1. The van der Waals surface area contributed by atoms with Crippen molar-refractivity contribution in [1.82, 2.24) is 14.9 Å². The number of imidazole rings is 1. The Kier molecular flexibility index (Phi) is 4.12. The first-order chi connectivity index (χ1) is 12.3. The van der Waals surface area contributed by atoms with Crippen molar-refractivity contribution in [2.24, 2.45) is 0 Å². The van der Waals surface area contributed by atoms with Gasteiger partial charge in [-0.25, -0.2) is 9.78 Å². The van der Waals surface area contributed by atoms with Gasteiger partial charge in [0.2, 0.25) is 6.79 Å². The molecule has 2 heterocycles. The monoisotopic (exact) mass is 338 g/mol. The highest BCUT2D eigenvalue weighted by molar-refractivity contribution is 5.89. The molecule has 2 aromatic carbocycles. The highest BCUT2D eigenvalue weighted by Gasteiger charge is 2.13. The third-order valence-corrected chi connectivity index (χ3v) is 4.02. The Hall–Kier alpha value is -3.22. The number of hydrogen-bond donors (Lipinski definition) is 2. The van der Waals surface area contributed by atoms with Gasteiger partial charge in [-0.1, -0.05) is 12.1 Å². The van der Waals surface area contributed by atoms with Crippen LogP contribution in [0.4, 0.5) is 10.5 Å². The zero-order chi connectivity index (χ0) is 17.1. The van der Waals surface area contributed by atoms with Gasteiger partial charge >= 0.3 is 6.03 Å². The standard InChI is InChI=1S/C18H18N4O3/c23-18(21-13-6-7-16-17(10-13)25-12-24-16)19-8-3-9-22-11-20-14-4-1-2-5-15(14)22/h1-2,4-7,10-11H,3,8-9,12H2,(H2,19,21,23). The summed E-state index contributed by atoms with van der Waals surface area (Å²) < 4.78 is 12.6. The van der Waals surface area contributed by atoms with Gasteiger partial charge in [0.25, 0.3) is 0 Å². The van der Waals surface area contributed by atoms with Gasteiger partial charge in [0.05, 0.1) is 17.4 Å². The van der Waals surface area contributed by atoms with Crippen molar-refractivity contribution < 1.29 is 14.3 Å². The lowest BCUT2D eigenvalue weighted by Gasteiger charge is -2.09. The second-order valence-corrected chi connectivity index (χ2v) is 5.73. The van der Waals surface area contributed by atoms with Crippen LogP contribution in [0.2, 0.25) is 0 Å². The maximum absolute atomic E-state index is 12.0. The number of aromatic nitrogens is 2. The van der Waals surface area contributed by atoms with E-state index in [0.29, 0.717) is 23.7 Å². The van der Waals surface area contributed by atoms with Crippen LogP contribution in [-0.2, 0) is 6.54 Å². The molecule has 128 valence electrons. The second kappa shape index (κ2) is 6.72. The van der Waals surface area contributed by atoms with E-state index >= 15 is 0 Å². The molecule has 25 heavy (non-hydrogen) atoms.